The number of nitrogens with two attached hydrogens (primary N) is 1. The van der Waals surface area contributed by atoms with E-state index in [9.17, 15) is 18.0 Å². The molecule has 1 unspecified atom stereocenters. The predicted octanol–water partition coefficient (Wildman–Crippen LogP) is 0.300. The molecular weight excluding hydrogens is 368 g/mol. The van der Waals surface area contributed by atoms with Crippen molar-refractivity contribution >= 4 is 21.8 Å². The van der Waals surface area contributed by atoms with Gasteiger partial charge in [0, 0.05) is 37.8 Å². The summed E-state index contributed by atoms with van der Waals surface area (Å²) in [4.78, 5) is 26.6. The maximum Gasteiger partial charge on any atom is 0.253 e. The number of amides is 2. The summed E-state index contributed by atoms with van der Waals surface area (Å²) in [6, 6.07) is 5.65. The van der Waals surface area contributed by atoms with E-state index in [1.54, 1.807) is 18.7 Å². The van der Waals surface area contributed by atoms with Gasteiger partial charge in [0.1, 0.15) is 0 Å². The van der Waals surface area contributed by atoms with Crippen LogP contribution in [0, 0.1) is 5.92 Å². The molecule has 0 saturated carbocycles. The van der Waals surface area contributed by atoms with Crippen LogP contribution in [0.2, 0.25) is 0 Å². The summed E-state index contributed by atoms with van der Waals surface area (Å²) in [6.45, 7) is 5.21. The SMILES string of the molecule is CC(C)NS(=O)(=O)c1ccc(C(=O)N2CCCC(C(=O)NCCN)C2)cc1. The van der Waals surface area contributed by atoms with Gasteiger partial charge in [-0.25, -0.2) is 13.1 Å². The minimum Gasteiger partial charge on any atom is -0.355 e. The van der Waals surface area contributed by atoms with Crippen LogP contribution in [0.5, 0.6) is 0 Å². The van der Waals surface area contributed by atoms with E-state index < -0.39 is 10.0 Å². The first-order valence-corrected chi connectivity index (χ1v) is 10.6. The molecule has 8 nitrogen and oxygen atoms in total. The highest BCUT2D eigenvalue weighted by Crippen LogP contribution is 2.20. The number of rotatable bonds is 7. The molecule has 1 atom stereocenters. The molecule has 0 bridgehead atoms. The predicted molar refractivity (Wildman–Crippen MR) is 103 cm³/mol. The molecule has 150 valence electrons. The quantitative estimate of drug-likeness (QED) is 0.612. The molecule has 1 heterocycles. The molecule has 1 aliphatic rings. The van der Waals surface area contributed by atoms with Crippen molar-refractivity contribution in [2.75, 3.05) is 26.2 Å². The molecular formula is C18H28N4O4S. The minimum absolute atomic E-state index is 0.0841. The molecule has 1 aliphatic heterocycles. The summed E-state index contributed by atoms with van der Waals surface area (Å²) >= 11 is 0. The van der Waals surface area contributed by atoms with Gasteiger partial charge in [-0.1, -0.05) is 0 Å². The lowest BCUT2D eigenvalue weighted by Crippen LogP contribution is -2.46. The highest BCUT2D eigenvalue weighted by atomic mass is 32.2. The van der Waals surface area contributed by atoms with Gasteiger partial charge in [0.25, 0.3) is 5.91 Å². The number of hydrogen-bond donors (Lipinski definition) is 3. The monoisotopic (exact) mass is 396 g/mol. The Morgan fingerprint density at radius 2 is 1.93 bits per heavy atom. The van der Waals surface area contributed by atoms with E-state index in [0.717, 1.165) is 12.8 Å². The third-order valence-corrected chi connectivity index (χ3v) is 6.00. The average molecular weight is 397 g/mol. The van der Waals surface area contributed by atoms with Crippen molar-refractivity contribution < 1.29 is 18.0 Å². The van der Waals surface area contributed by atoms with Crippen LogP contribution in [0.25, 0.3) is 0 Å². The van der Waals surface area contributed by atoms with Crippen molar-refractivity contribution in [3.63, 3.8) is 0 Å². The number of benzene rings is 1. The highest BCUT2D eigenvalue weighted by molar-refractivity contribution is 7.89. The van der Waals surface area contributed by atoms with E-state index in [2.05, 4.69) is 10.0 Å². The number of carbonyl (C=O) groups excluding carboxylic acids is 2. The van der Waals surface area contributed by atoms with Gasteiger partial charge in [0.05, 0.1) is 10.8 Å². The fourth-order valence-corrected chi connectivity index (χ4v) is 4.30. The van der Waals surface area contributed by atoms with Crippen molar-refractivity contribution in [3.05, 3.63) is 29.8 Å². The normalized spacial score (nSPS) is 17.8. The van der Waals surface area contributed by atoms with Crippen LogP contribution >= 0.6 is 0 Å². The van der Waals surface area contributed by atoms with E-state index in [1.165, 1.54) is 24.3 Å². The molecule has 0 radical (unpaired) electrons. The summed E-state index contributed by atoms with van der Waals surface area (Å²) in [5, 5.41) is 2.77. The van der Waals surface area contributed by atoms with Crippen molar-refractivity contribution in [3.8, 4) is 0 Å². The van der Waals surface area contributed by atoms with Gasteiger partial charge < -0.3 is 16.0 Å². The standard InChI is InChI=1S/C18H28N4O4S/c1-13(2)21-27(25,26)16-7-5-14(6-8-16)18(24)22-11-3-4-15(12-22)17(23)20-10-9-19/h5-8,13,15,21H,3-4,9-12,19H2,1-2H3,(H,20,23). The number of likely N-dealkylation sites (tertiary alicyclic amines) is 1. The first-order chi connectivity index (χ1) is 12.7. The van der Waals surface area contributed by atoms with Gasteiger partial charge in [-0.2, -0.15) is 0 Å². The Bertz CT molecular complexity index is 762. The molecule has 2 amide bonds. The Balaban J connectivity index is 2.05. The smallest absolute Gasteiger partial charge is 0.253 e. The van der Waals surface area contributed by atoms with Crippen LogP contribution in [-0.4, -0.2) is 57.4 Å². The highest BCUT2D eigenvalue weighted by Gasteiger charge is 2.29. The largest absolute Gasteiger partial charge is 0.355 e. The van der Waals surface area contributed by atoms with E-state index in [4.69, 9.17) is 5.73 Å². The van der Waals surface area contributed by atoms with Crippen LogP contribution < -0.4 is 15.8 Å². The molecule has 4 N–H and O–H groups in total. The van der Waals surface area contributed by atoms with E-state index in [0.29, 0.717) is 31.7 Å². The van der Waals surface area contributed by atoms with Crippen LogP contribution in [0.1, 0.15) is 37.0 Å². The maximum atomic E-state index is 12.7. The third-order valence-electron chi connectivity index (χ3n) is 4.33. The Morgan fingerprint density at radius 3 is 2.52 bits per heavy atom. The van der Waals surface area contributed by atoms with Crippen LogP contribution in [-0.2, 0) is 14.8 Å². The molecule has 1 aromatic rings. The number of nitrogens with zero attached hydrogens (tertiary/aromatic N) is 1. The Hall–Kier alpha value is -1.97. The zero-order valence-electron chi connectivity index (χ0n) is 15.8. The van der Waals surface area contributed by atoms with E-state index >= 15 is 0 Å². The third kappa shape index (κ3) is 5.75. The Kier molecular flexibility index (Phi) is 7.34. The van der Waals surface area contributed by atoms with Gasteiger partial charge in [-0.15, -0.1) is 0 Å². The average Bonchev–Trinajstić information content (AvgIpc) is 2.64. The zero-order chi connectivity index (χ0) is 20.0. The molecule has 0 aliphatic carbocycles. The lowest BCUT2D eigenvalue weighted by Gasteiger charge is -2.32. The Labute approximate surface area is 160 Å². The topological polar surface area (TPSA) is 122 Å². The second kappa shape index (κ2) is 9.29. The first-order valence-electron chi connectivity index (χ1n) is 9.14. The van der Waals surface area contributed by atoms with Gasteiger partial charge >= 0.3 is 0 Å². The first kappa shape index (κ1) is 21.3. The minimum atomic E-state index is -3.59. The summed E-state index contributed by atoms with van der Waals surface area (Å²) in [5.41, 5.74) is 5.80. The summed E-state index contributed by atoms with van der Waals surface area (Å²) in [5.74, 6) is -0.532. The van der Waals surface area contributed by atoms with E-state index in [1.807, 2.05) is 0 Å². The number of hydrogen-bond acceptors (Lipinski definition) is 5. The number of nitrogens with one attached hydrogen (secondary N) is 2. The summed E-state index contributed by atoms with van der Waals surface area (Å²) in [7, 11) is -3.59. The van der Waals surface area contributed by atoms with Crippen LogP contribution in [0.15, 0.2) is 29.2 Å². The maximum absolute atomic E-state index is 12.7. The second-order valence-electron chi connectivity index (χ2n) is 6.97. The molecule has 2 rings (SSSR count). The van der Waals surface area contributed by atoms with Crippen LogP contribution in [0.3, 0.4) is 0 Å². The zero-order valence-corrected chi connectivity index (χ0v) is 16.6. The summed E-state index contributed by atoms with van der Waals surface area (Å²) in [6.07, 6.45) is 1.48. The molecule has 1 fully saturated rings. The van der Waals surface area contributed by atoms with Crippen LogP contribution in [0.4, 0.5) is 0 Å². The van der Waals surface area contributed by atoms with Crippen molar-refractivity contribution in [1.29, 1.82) is 0 Å². The summed E-state index contributed by atoms with van der Waals surface area (Å²) < 4.78 is 26.8. The van der Waals surface area contributed by atoms with Crippen molar-refractivity contribution in [2.24, 2.45) is 11.7 Å². The molecule has 1 saturated heterocycles. The van der Waals surface area contributed by atoms with Gasteiger partial charge in [-0.3, -0.25) is 9.59 Å². The number of carbonyl (C=O) groups is 2. The van der Waals surface area contributed by atoms with Gasteiger partial charge in [-0.05, 0) is 51.0 Å². The molecule has 27 heavy (non-hydrogen) atoms. The Morgan fingerprint density at radius 1 is 1.26 bits per heavy atom. The lowest BCUT2D eigenvalue weighted by atomic mass is 9.96. The van der Waals surface area contributed by atoms with Crippen molar-refractivity contribution in [1.82, 2.24) is 14.9 Å². The second-order valence-corrected chi connectivity index (χ2v) is 8.68. The molecule has 1 aromatic carbocycles. The van der Waals surface area contributed by atoms with Gasteiger partial charge in [0.2, 0.25) is 15.9 Å². The molecule has 0 aromatic heterocycles. The molecule has 0 spiro atoms. The number of sulfonamides is 1. The lowest BCUT2D eigenvalue weighted by molar-refractivity contribution is -0.126. The van der Waals surface area contributed by atoms with Crippen molar-refractivity contribution in [2.45, 2.75) is 37.6 Å². The fourth-order valence-electron chi connectivity index (χ4n) is 3.05. The number of piperidine rings is 1. The fraction of sp³-hybridized carbons (Fsp3) is 0.556. The van der Waals surface area contributed by atoms with Gasteiger partial charge in [0.15, 0.2) is 0 Å². The molecule has 9 heteroatoms. The van der Waals surface area contributed by atoms with E-state index in [-0.39, 0.29) is 28.7 Å².